The molecule has 0 aliphatic carbocycles. The largest absolute Gasteiger partial charge is 0.416 e. The molecule has 0 bridgehead atoms. The predicted molar refractivity (Wildman–Crippen MR) is 66.7 cm³/mol. The van der Waals surface area contributed by atoms with Gasteiger partial charge in [-0.3, -0.25) is 0 Å². The standard InChI is InChI=1S/C14H18F3NO/c15-14(16,17)11-6-4-10(5-7-11)9-12(18)13-3-1-2-8-19-13/h4-7,12-13H,1-3,8-9,18H2. The molecule has 106 valence electrons. The van der Waals surface area contributed by atoms with Crippen LogP contribution in [0.2, 0.25) is 0 Å². The van der Waals surface area contributed by atoms with E-state index in [2.05, 4.69) is 0 Å². The molecule has 19 heavy (non-hydrogen) atoms. The third-order valence-electron chi connectivity index (χ3n) is 3.45. The molecule has 1 aliphatic heterocycles. The Hall–Kier alpha value is -1.07. The Morgan fingerprint density at radius 2 is 1.89 bits per heavy atom. The summed E-state index contributed by atoms with van der Waals surface area (Å²) in [7, 11) is 0. The summed E-state index contributed by atoms with van der Waals surface area (Å²) in [5.74, 6) is 0. The van der Waals surface area contributed by atoms with Crippen LogP contribution in [-0.2, 0) is 17.3 Å². The molecule has 2 rings (SSSR count). The van der Waals surface area contributed by atoms with E-state index in [-0.39, 0.29) is 12.1 Å². The van der Waals surface area contributed by atoms with Gasteiger partial charge in [0.1, 0.15) is 0 Å². The molecule has 2 nitrogen and oxygen atoms in total. The molecule has 1 aliphatic rings. The first kappa shape index (κ1) is 14.3. The lowest BCUT2D eigenvalue weighted by atomic mass is 9.96. The number of halogens is 3. The minimum Gasteiger partial charge on any atom is -0.377 e. The Kier molecular flexibility index (Phi) is 4.47. The first-order valence-corrected chi connectivity index (χ1v) is 6.50. The van der Waals surface area contributed by atoms with Crippen LogP contribution in [0.1, 0.15) is 30.4 Å². The van der Waals surface area contributed by atoms with Crippen LogP contribution in [0.3, 0.4) is 0 Å². The van der Waals surface area contributed by atoms with Crippen molar-refractivity contribution in [3.05, 3.63) is 35.4 Å². The summed E-state index contributed by atoms with van der Waals surface area (Å²) in [6.07, 6.45) is -0.622. The summed E-state index contributed by atoms with van der Waals surface area (Å²) >= 11 is 0. The highest BCUT2D eigenvalue weighted by Gasteiger charge is 2.30. The second-order valence-electron chi connectivity index (χ2n) is 4.97. The Morgan fingerprint density at radius 3 is 2.42 bits per heavy atom. The normalized spacial score (nSPS) is 22.2. The van der Waals surface area contributed by atoms with Gasteiger partial charge in [-0.15, -0.1) is 0 Å². The minimum absolute atomic E-state index is 0.0241. The monoisotopic (exact) mass is 273 g/mol. The van der Waals surface area contributed by atoms with E-state index in [1.807, 2.05) is 0 Å². The van der Waals surface area contributed by atoms with Crippen LogP contribution in [-0.4, -0.2) is 18.8 Å². The molecule has 1 heterocycles. The van der Waals surface area contributed by atoms with Crippen LogP contribution in [0.25, 0.3) is 0 Å². The second-order valence-corrected chi connectivity index (χ2v) is 4.97. The molecule has 0 amide bonds. The van der Waals surface area contributed by atoms with Crippen molar-refractivity contribution in [2.45, 2.75) is 44.0 Å². The Bertz CT molecular complexity index is 396. The fourth-order valence-corrected chi connectivity index (χ4v) is 2.34. The van der Waals surface area contributed by atoms with Crippen molar-refractivity contribution < 1.29 is 17.9 Å². The van der Waals surface area contributed by atoms with Gasteiger partial charge < -0.3 is 10.5 Å². The van der Waals surface area contributed by atoms with Crippen LogP contribution in [0.15, 0.2) is 24.3 Å². The zero-order valence-electron chi connectivity index (χ0n) is 10.6. The lowest BCUT2D eigenvalue weighted by Gasteiger charge is -2.28. The summed E-state index contributed by atoms with van der Waals surface area (Å²) in [4.78, 5) is 0. The van der Waals surface area contributed by atoms with Gasteiger partial charge in [-0.05, 0) is 43.4 Å². The van der Waals surface area contributed by atoms with Gasteiger partial charge in [0.2, 0.25) is 0 Å². The molecular weight excluding hydrogens is 255 g/mol. The topological polar surface area (TPSA) is 35.2 Å². The third-order valence-corrected chi connectivity index (χ3v) is 3.45. The first-order chi connectivity index (χ1) is 8.97. The number of rotatable bonds is 3. The summed E-state index contributed by atoms with van der Waals surface area (Å²) < 4.78 is 42.9. The average Bonchev–Trinajstić information content (AvgIpc) is 2.39. The number of alkyl halides is 3. The molecule has 0 radical (unpaired) electrons. The molecular formula is C14H18F3NO. The smallest absolute Gasteiger partial charge is 0.377 e. The van der Waals surface area contributed by atoms with Crippen molar-refractivity contribution >= 4 is 0 Å². The van der Waals surface area contributed by atoms with Crippen LogP contribution in [0.5, 0.6) is 0 Å². The molecule has 1 fully saturated rings. The molecule has 2 N–H and O–H groups in total. The molecule has 1 aromatic rings. The summed E-state index contributed by atoms with van der Waals surface area (Å²) in [6.45, 7) is 0.728. The number of hydrogen-bond acceptors (Lipinski definition) is 2. The maximum Gasteiger partial charge on any atom is 0.416 e. The number of benzene rings is 1. The van der Waals surface area contributed by atoms with E-state index in [0.717, 1.165) is 43.6 Å². The zero-order chi connectivity index (χ0) is 13.9. The summed E-state index contributed by atoms with van der Waals surface area (Å²) in [6, 6.07) is 5.03. The Morgan fingerprint density at radius 1 is 1.21 bits per heavy atom. The molecule has 5 heteroatoms. The molecule has 0 spiro atoms. The van der Waals surface area contributed by atoms with E-state index in [0.29, 0.717) is 6.42 Å². The van der Waals surface area contributed by atoms with Gasteiger partial charge in [0.15, 0.2) is 0 Å². The molecule has 0 aromatic heterocycles. The maximum atomic E-state index is 12.4. The summed E-state index contributed by atoms with van der Waals surface area (Å²) in [5.41, 5.74) is 6.25. The van der Waals surface area contributed by atoms with Crippen LogP contribution in [0.4, 0.5) is 13.2 Å². The van der Waals surface area contributed by atoms with Crippen molar-refractivity contribution in [2.75, 3.05) is 6.61 Å². The highest BCUT2D eigenvalue weighted by Crippen LogP contribution is 2.29. The lowest BCUT2D eigenvalue weighted by Crippen LogP contribution is -2.40. The van der Waals surface area contributed by atoms with Crippen molar-refractivity contribution in [3.8, 4) is 0 Å². The quantitative estimate of drug-likeness (QED) is 0.918. The van der Waals surface area contributed by atoms with Gasteiger partial charge in [-0.2, -0.15) is 13.2 Å². The summed E-state index contributed by atoms with van der Waals surface area (Å²) in [5, 5.41) is 0. The SMILES string of the molecule is NC(Cc1ccc(C(F)(F)F)cc1)C1CCCCO1. The van der Waals surface area contributed by atoms with Crippen LogP contribution in [0, 0.1) is 0 Å². The fourth-order valence-electron chi connectivity index (χ4n) is 2.34. The lowest BCUT2D eigenvalue weighted by molar-refractivity contribution is -0.137. The molecule has 2 unspecified atom stereocenters. The predicted octanol–water partition coefficient (Wildman–Crippen LogP) is 3.14. The molecule has 2 atom stereocenters. The van der Waals surface area contributed by atoms with Gasteiger partial charge in [-0.1, -0.05) is 12.1 Å². The van der Waals surface area contributed by atoms with Crippen LogP contribution < -0.4 is 5.73 Å². The second kappa shape index (κ2) is 5.92. The van der Waals surface area contributed by atoms with E-state index in [9.17, 15) is 13.2 Å². The minimum atomic E-state index is -4.28. The van der Waals surface area contributed by atoms with E-state index in [1.54, 1.807) is 0 Å². The highest BCUT2D eigenvalue weighted by atomic mass is 19.4. The van der Waals surface area contributed by atoms with Crippen molar-refractivity contribution in [1.82, 2.24) is 0 Å². The van der Waals surface area contributed by atoms with E-state index in [4.69, 9.17) is 10.5 Å². The van der Waals surface area contributed by atoms with E-state index in [1.165, 1.54) is 12.1 Å². The van der Waals surface area contributed by atoms with Crippen molar-refractivity contribution in [3.63, 3.8) is 0 Å². The highest BCUT2D eigenvalue weighted by molar-refractivity contribution is 5.25. The zero-order valence-corrected chi connectivity index (χ0v) is 10.6. The number of hydrogen-bond donors (Lipinski definition) is 1. The van der Waals surface area contributed by atoms with Crippen molar-refractivity contribution in [1.29, 1.82) is 0 Å². The molecule has 1 aromatic carbocycles. The van der Waals surface area contributed by atoms with Gasteiger partial charge in [0.25, 0.3) is 0 Å². The van der Waals surface area contributed by atoms with Gasteiger partial charge in [-0.25, -0.2) is 0 Å². The maximum absolute atomic E-state index is 12.4. The number of ether oxygens (including phenoxy) is 1. The average molecular weight is 273 g/mol. The van der Waals surface area contributed by atoms with Gasteiger partial charge >= 0.3 is 6.18 Å². The van der Waals surface area contributed by atoms with Crippen LogP contribution >= 0.6 is 0 Å². The Balaban J connectivity index is 1.95. The first-order valence-electron chi connectivity index (χ1n) is 6.50. The molecule has 0 saturated carbocycles. The number of nitrogens with two attached hydrogens (primary N) is 1. The van der Waals surface area contributed by atoms with Gasteiger partial charge in [0.05, 0.1) is 11.7 Å². The third kappa shape index (κ3) is 3.94. The Labute approximate surface area is 110 Å². The van der Waals surface area contributed by atoms with E-state index >= 15 is 0 Å². The van der Waals surface area contributed by atoms with E-state index < -0.39 is 11.7 Å². The van der Waals surface area contributed by atoms with Gasteiger partial charge in [0, 0.05) is 12.6 Å². The van der Waals surface area contributed by atoms with Crippen molar-refractivity contribution in [2.24, 2.45) is 5.73 Å². The fraction of sp³-hybridized carbons (Fsp3) is 0.571. The molecule has 1 saturated heterocycles.